The standard InChI is InChI=1S/C18H22N4O4S2/c1-21-17(24)12-5-4-11(8-13(12)20-18(21)27)16(23)19-14-9-28(25,26)10-15(14)22-6-2-3-7-22/h4-5,8,14-15H,2-3,6-7,9-10H2,1H3,(H,19,23)(H,20,27). The number of sulfone groups is 1. The highest BCUT2D eigenvalue weighted by Gasteiger charge is 2.42. The van der Waals surface area contributed by atoms with E-state index in [0.29, 0.717) is 16.5 Å². The maximum atomic E-state index is 12.8. The van der Waals surface area contributed by atoms with Crippen LogP contribution >= 0.6 is 12.2 Å². The fourth-order valence-corrected chi connectivity index (χ4v) is 6.24. The second-order valence-corrected chi connectivity index (χ2v) is 10.1. The number of nitrogens with one attached hydrogen (secondary N) is 2. The predicted octanol–water partition coefficient (Wildman–Crippen LogP) is 0.587. The lowest BCUT2D eigenvalue weighted by atomic mass is 10.1. The Hall–Kier alpha value is -2.04. The van der Waals surface area contributed by atoms with E-state index in [2.05, 4.69) is 15.2 Å². The van der Waals surface area contributed by atoms with Gasteiger partial charge in [-0.15, -0.1) is 0 Å². The number of carbonyl (C=O) groups excluding carboxylic acids is 1. The lowest BCUT2D eigenvalue weighted by Gasteiger charge is -2.28. The lowest BCUT2D eigenvalue weighted by molar-refractivity contribution is 0.0919. The summed E-state index contributed by atoms with van der Waals surface area (Å²) in [4.78, 5) is 30.2. The Morgan fingerprint density at radius 2 is 1.96 bits per heavy atom. The van der Waals surface area contributed by atoms with Gasteiger partial charge in [-0.3, -0.25) is 19.1 Å². The molecular formula is C18H22N4O4S2. The number of aromatic amines is 1. The van der Waals surface area contributed by atoms with E-state index in [1.807, 2.05) is 0 Å². The van der Waals surface area contributed by atoms with Gasteiger partial charge in [0.2, 0.25) is 0 Å². The molecule has 2 saturated heterocycles. The molecule has 3 heterocycles. The number of rotatable bonds is 3. The van der Waals surface area contributed by atoms with Crippen LogP contribution in [0.25, 0.3) is 10.9 Å². The third-order valence-electron chi connectivity index (χ3n) is 5.61. The van der Waals surface area contributed by atoms with Gasteiger partial charge in [0.1, 0.15) is 0 Å². The molecule has 2 atom stereocenters. The van der Waals surface area contributed by atoms with Crippen LogP contribution in [0, 0.1) is 4.77 Å². The van der Waals surface area contributed by atoms with Crippen molar-refractivity contribution >= 4 is 38.9 Å². The summed E-state index contributed by atoms with van der Waals surface area (Å²) in [5, 5.41) is 3.34. The number of likely N-dealkylation sites (tertiary alicyclic amines) is 1. The van der Waals surface area contributed by atoms with E-state index in [0.717, 1.165) is 25.9 Å². The molecule has 2 fully saturated rings. The van der Waals surface area contributed by atoms with Gasteiger partial charge in [0.05, 0.1) is 28.5 Å². The van der Waals surface area contributed by atoms with Gasteiger partial charge < -0.3 is 10.3 Å². The van der Waals surface area contributed by atoms with E-state index in [4.69, 9.17) is 12.2 Å². The zero-order valence-electron chi connectivity index (χ0n) is 15.5. The molecule has 1 aromatic heterocycles. The van der Waals surface area contributed by atoms with Crippen molar-refractivity contribution < 1.29 is 13.2 Å². The van der Waals surface area contributed by atoms with E-state index in [1.54, 1.807) is 25.2 Å². The maximum absolute atomic E-state index is 12.8. The van der Waals surface area contributed by atoms with Crippen LogP contribution in [0.3, 0.4) is 0 Å². The van der Waals surface area contributed by atoms with Crippen molar-refractivity contribution in [3.05, 3.63) is 38.9 Å². The smallest absolute Gasteiger partial charge is 0.261 e. The molecule has 1 aromatic carbocycles. The molecule has 150 valence electrons. The normalized spacial score (nSPS) is 24.6. The number of benzene rings is 1. The molecule has 28 heavy (non-hydrogen) atoms. The summed E-state index contributed by atoms with van der Waals surface area (Å²) in [6.07, 6.45) is 2.10. The highest BCUT2D eigenvalue weighted by Crippen LogP contribution is 2.23. The monoisotopic (exact) mass is 422 g/mol. The second kappa shape index (κ2) is 7.09. The quantitative estimate of drug-likeness (QED) is 0.702. The molecule has 0 saturated carbocycles. The summed E-state index contributed by atoms with van der Waals surface area (Å²) in [7, 11) is -1.60. The molecule has 8 nitrogen and oxygen atoms in total. The van der Waals surface area contributed by atoms with Gasteiger partial charge >= 0.3 is 0 Å². The zero-order chi connectivity index (χ0) is 20.1. The van der Waals surface area contributed by atoms with Crippen LogP contribution in [0.4, 0.5) is 0 Å². The van der Waals surface area contributed by atoms with Crippen molar-refractivity contribution in [2.24, 2.45) is 7.05 Å². The first-order chi connectivity index (χ1) is 13.2. The largest absolute Gasteiger partial charge is 0.347 e. The molecule has 0 spiro atoms. The Bertz CT molecular complexity index is 1160. The third kappa shape index (κ3) is 3.51. The van der Waals surface area contributed by atoms with Crippen LogP contribution in [0.1, 0.15) is 23.2 Å². The molecule has 2 unspecified atom stereocenters. The number of hydrogen-bond acceptors (Lipinski definition) is 6. The summed E-state index contributed by atoms with van der Waals surface area (Å²) in [5.41, 5.74) is 0.605. The number of hydrogen-bond donors (Lipinski definition) is 2. The van der Waals surface area contributed by atoms with Gasteiger partial charge in [0.15, 0.2) is 14.6 Å². The van der Waals surface area contributed by atoms with Crippen molar-refractivity contribution in [1.29, 1.82) is 0 Å². The van der Waals surface area contributed by atoms with Crippen LogP contribution < -0.4 is 10.9 Å². The van der Waals surface area contributed by atoms with E-state index >= 15 is 0 Å². The second-order valence-electron chi connectivity index (χ2n) is 7.52. The van der Waals surface area contributed by atoms with Crippen LogP contribution in [-0.4, -0.2) is 65.5 Å². The molecular weight excluding hydrogens is 400 g/mol. The minimum atomic E-state index is -3.18. The van der Waals surface area contributed by atoms with Crippen molar-refractivity contribution in [1.82, 2.24) is 19.8 Å². The molecule has 0 aliphatic carbocycles. The van der Waals surface area contributed by atoms with Gasteiger partial charge in [0, 0.05) is 18.7 Å². The molecule has 4 rings (SSSR count). The number of aromatic nitrogens is 2. The Labute approximate surface area is 167 Å². The Kier molecular flexibility index (Phi) is 4.88. The van der Waals surface area contributed by atoms with Gasteiger partial charge in [-0.05, 0) is 56.3 Å². The average molecular weight is 423 g/mol. The molecule has 0 bridgehead atoms. The SMILES string of the molecule is Cn1c(=S)[nH]c2cc(C(=O)NC3CS(=O)(=O)CC3N3CCCC3)ccc2c1=O. The first kappa shape index (κ1) is 19.3. The third-order valence-corrected chi connectivity index (χ3v) is 7.70. The summed E-state index contributed by atoms with van der Waals surface area (Å²) in [6, 6.07) is 4.12. The first-order valence-electron chi connectivity index (χ1n) is 9.23. The van der Waals surface area contributed by atoms with Crippen LogP contribution in [0.5, 0.6) is 0 Å². The maximum Gasteiger partial charge on any atom is 0.261 e. The highest BCUT2D eigenvalue weighted by atomic mass is 32.2. The number of fused-ring (bicyclic) bond motifs is 1. The minimum Gasteiger partial charge on any atom is -0.347 e. The molecule has 2 aliphatic heterocycles. The van der Waals surface area contributed by atoms with Gasteiger partial charge in [0.25, 0.3) is 11.5 Å². The van der Waals surface area contributed by atoms with Crippen LogP contribution in [0.15, 0.2) is 23.0 Å². The zero-order valence-corrected chi connectivity index (χ0v) is 17.1. The highest BCUT2D eigenvalue weighted by molar-refractivity contribution is 7.91. The summed E-state index contributed by atoms with van der Waals surface area (Å²) in [6.45, 7) is 1.73. The molecule has 2 aromatic rings. The summed E-state index contributed by atoms with van der Waals surface area (Å²) < 4.78 is 26.0. The number of nitrogens with zero attached hydrogens (tertiary/aromatic N) is 2. The number of amides is 1. The van der Waals surface area contributed by atoms with Gasteiger partial charge in [-0.2, -0.15) is 0 Å². The van der Waals surface area contributed by atoms with Crippen LogP contribution in [-0.2, 0) is 16.9 Å². The molecule has 10 heteroatoms. The summed E-state index contributed by atoms with van der Waals surface area (Å²) >= 11 is 5.13. The minimum absolute atomic E-state index is 0.0452. The first-order valence-corrected chi connectivity index (χ1v) is 11.5. The van der Waals surface area contributed by atoms with Crippen LogP contribution in [0.2, 0.25) is 0 Å². The van der Waals surface area contributed by atoms with Gasteiger partial charge in [-0.25, -0.2) is 8.42 Å². The topological polar surface area (TPSA) is 104 Å². The predicted molar refractivity (Wildman–Crippen MR) is 109 cm³/mol. The fourth-order valence-electron chi connectivity index (χ4n) is 4.10. The van der Waals surface area contributed by atoms with Crippen molar-refractivity contribution in [3.63, 3.8) is 0 Å². The van der Waals surface area contributed by atoms with E-state index < -0.39 is 15.9 Å². The Morgan fingerprint density at radius 3 is 2.68 bits per heavy atom. The fraction of sp³-hybridized carbons (Fsp3) is 0.500. The van der Waals surface area contributed by atoms with E-state index in [1.165, 1.54) is 4.57 Å². The molecule has 1 amide bonds. The Morgan fingerprint density at radius 1 is 1.25 bits per heavy atom. The van der Waals surface area contributed by atoms with Crippen molar-refractivity contribution in [2.75, 3.05) is 24.6 Å². The van der Waals surface area contributed by atoms with Crippen molar-refractivity contribution in [2.45, 2.75) is 24.9 Å². The Balaban J connectivity index is 1.61. The average Bonchev–Trinajstić information content (AvgIpc) is 3.26. The van der Waals surface area contributed by atoms with Crippen molar-refractivity contribution in [3.8, 4) is 0 Å². The van der Waals surface area contributed by atoms with E-state index in [9.17, 15) is 18.0 Å². The van der Waals surface area contributed by atoms with Gasteiger partial charge in [-0.1, -0.05) is 0 Å². The summed E-state index contributed by atoms with van der Waals surface area (Å²) in [5.74, 6) is -0.317. The lowest BCUT2D eigenvalue weighted by Crippen LogP contribution is -2.50. The molecule has 2 aliphatic rings. The molecule has 0 radical (unpaired) electrons. The molecule has 2 N–H and O–H groups in total. The number of carbonyl (C=O) groups is 1. The number of H-pyrrole nitrogens is 1. The van der Waals surface area contributed by atoms with E-state index in [-0.39, 0.29) is 33.8 Å².